The molecule has 0 heterocycles. The van der Waals surface area contributed by atoms with Gasteiger partial charge < -0.3 is 19.5 Å². The first-order chi connectivity index (χ1) is 13.7. The van der Waals surface area contributed by atoms with Crippen LogP contribution in [0.1, 0.15) is 31.9 Å². The first kappa shape index (κ1) is 22.2. The standard InChI is InChI=1S/C22H25FN2O4/c1-22(2,3)29-21(26)25-10-9-15-6-8-20(28-14-27-4)18(11-15)17-12-16(13-24)5-7-19(17)23/h5-8,11-12H,9-10,14H2,1-4H3,(H,25,26). The van der Waals surface area contributed by atoms with Crippen LogP contribution >= 0.6 is 0 Å². The fraction of sp³-hybridized carbons (Fsp3) is 0.364. The normalized spacial score (nSPS) is 10.9. The Hall–Kier alpha value is -3.11. The number of methoxy groups -OCH3 is 1. The number of nitrogens with zero attached hydrogens (tertiary/aromatic N) is 1. The lowest BCUT2D eigenvalue weighted by molar-refractivity contribution is 0.0513. The predicted molar refractivity (Wildman–Crippen MR) is 107 cm³/mol. The second-order valence-corrected chi connectivity index (χ2v) is 7.37. The van der Waals surface area contributed by atoms with Gasteiger partial charge in [-0.3, -0.25) is 0 Å². The van der Waals surface area contributed by atoms with Gasteiger partial charge in [0.05, 0.1) is 11.6 Å². The molecule has 0 bridgehead atoms. The predicted octanol–water partition coefficient (Wildman–Crippen LogP) is 4.41. The van der Waals surface area contributed by atoms with Crippen molar-refractivity contribution in [1.82, 2.24) is 5.32 Å². The quantitative estimate of drug-likeness (QED) is 0.696. The molecule has 0 saturated carbocycles. The molecule has 2 rings (SSSR count). The molecule has 2 aromatic carbocycles. The third-order valence-electron chi connectivity index (χ3n) is 3.84. The summed E-state index contributed by atoms with van der Waals surface area (Å²) in [6.07, 6.45) is 0.0154. The number of carbonyl (C=O) groups is 1. The zero-order valence-corrected chi connectivity index (χ0v) is 17.0. The minimum absolute atomic E-state index is 0.00606. The lowest BCUT2D eigenvalue weighted by atomic mass is 9.98. The molecule has 0 spiro atoms. The molecule has 1 N–H and O–H groups in total. The van der Waals surface area contributed by atoms with Gasteiger partial charge in [0.25, 0.3) is 0 Å². The Balaban J connectivity index is 2.23. The van der Waals surface area contributed by atoms with Crippen molar-refractivity contribution in [1.29, 1.82) is 5.26 Å². The van der Waals surface area contributed by atoms with E-state index >= 15 is 0 Å². The first-order valence-electron chi connectivity index (χ1n) is 9.15. The third kappa shape index (κ3) is 6.77. The number of hydrogen-bond acceptors (Lipinski definition) is 5. The summed E-state index contributed by atoms with van der Waals surface area (Å²) in [4.78, 5) is 11.8. The molecule has 0 saturated heterocycles. The minimum Gasteiger partial charge on any atom is -0.467 e. The number of carbonyl (C=O) groups excluding carboxylic acids is 1. The van der Waals surface area contributed by atoms with Crippen LogP contribution in [0.15, 0.2) is 36.4 Å². The molecule has 0 aliphatic carbocycles. The Kier molecular flexibility index (Phi) is 7.57. The Morgan fingerprint density at radius 2 is 1.93 bits per heavy atom. The molecule has 0 aromatic heterocycles. The maximum atomic E-state index is 14.5. The number of benzene rings is 2. The molecule has 0 aliphatic heterocycles. The van der Waals surface area contributed by atoms with Gasteiger partial charge in [0, 0.05) is 24.8 Å². The van der Waals surface area contributed by atoms with Gasteiger partial charge in [-0.2, -0.15) is 5.26 Å². The number of nitrogens with one attached hydrogen (secondary N) is 1. The molecular weight excluding hydrogens is 375 g/mol. The number of halogens is 1. The van der Waals surface area contributed by atoms with Crippen LogP contribution in [0.4, 0.5) is 9.18 Å². The van der Waals surface area contributed by atoms with Gasteiger partial charge >= 0.3 is 6.09 Å². The Bertz CT molecular complexity index is 901. The monoisotopic (exact) mass is 400 g/mol. The molecule has 2 aromatic rings. The zero-order valence-electron chi connectivity index (χ0n) is 17.0. The minimum atomic E-state index is -0.569. The van der Waals surface area contributed by atoms with Crippen LogP contribution in [0.25, 0.3) is 11.1 Å². The molecular formula is C22H25FN2O4. The van der Waals surface area contributed by atoms with Crippen molar-refractivity contribution in [3.05, 3.63) is 53.3 Å². The highest BCUT2D eigenvalue weighted by molar-refractivity contribution is 5.73. The van der Waals surface area contributed by atoms with Gasteiger partial charge in [-0.25, -0.2) is 9.18 Å². The lowest BCUT2D eigenvalue weighted by Gasteiger charge is -2.19. The molecule has 1 amide bonds. The molecule has 0 unspecified atom stereocenters. The van der Waals surface area contributed by atoms with Crippen LogP contribution in [-0.2, 0) is 15.9 Å². The number of amides is 1. The molecule has 154 valence electrons. The maximum Gasteiger partial charge on any atom is 0.407 e. The van der Waals surface area contributed by atoms with Crippen molar-refractivity contribution in [3.8, 4) is 22.9 Å². The number of rotatable bonds is 7. The van der Waals surface area contributed by atoms with Crippen LogP contribution in [-0.4, -0.2) is 32.1 Å². The third-order valence-corrected chi connectivity index (χ3v) is 3.84. The van der Waals surface area contributed by atoms with Crippen LogP contribution in [0.5, 0.6) is 5.75 Å². The summed E-state index contributed by atoms with van der Waals surface area (Å²) in [5.74, 6) is -0.0278. The highest BCUT2D eigenvalue weighted by atomic mass is 19.1. The van der Waals surface area contributed by atoms with E-state index in [0.29, 0.717) is 29.8 Å². The van der Waals surface area contributed by atoms with E-state index in [1.165, 1.54) is 25.3 Å². The van der Waals surface area contributed by atoms with E-state index in [1.54, 1.807) is 32.9 Å². The van der Waals surface area contributed by atoms with E-state index in [9.17, 15) is 9.18 Å². The van der Waals surface area contributed by atoms with E-state index in [0.717, 1.165) is 5.56 Å². The number of hydrogen-bond donors (Lipinski definition) is 1. The summed E-state index contributed by atoms with van der Waals surface area (Å²) in [5.41, 5.74) is 1.41. The molecule has 0 radical (unpaired) electrons. The Morgan fingerprint density at radius 1 is 1.17 bits per heavy atom. The van der Waals surface area contributed by atoms with E-state index in [-0.39, 0.29) is 12.4 Å². The van der Waals surface area contributed by atoms with Crippen molar-refractivity contribution in [2.24, 2.45) is 0 Å². The molecule has 0 atom stereocenters. The summed E-state index contributed by atoms with van der Waals surface area (Å²) in [5, 5.41) is 11.8. The second kappa shape index (κ2) is 9.89. The van der Waals surface area contributed by atoms with Gasteiger partial charge in [-0.05, 0) is 63.1 Å². The first-order valence-corrected chi connectivity index (χ1v) is 9.15. The number of alkyl carbamates (subject to hydrolysis) is 1. The summed E-state index contributed by atoms with van der Waals surface area (Å²) >= 11 is 0. The van der Waals surface area contributed by atoms with E-state index in [1.807, 2.05) is 12.1 Å². The van der Waals surface area contributed by atoms with Gasteiger partial charge in [-0.1, -0.05) is 6.07 Å². The fourth-order valence-electron chi connectivity index (χ4n) is 2.62. The highest BCUT2D eigenvalue weighted by Gasteiger charge is 2.16. The van der Waals surface area contributed by atoms with Gasteiger partial charge in [-0.15, -0.1) is 0 Å². The van der Waals surface area contributed by atoms with Gasteiger partial charge in [0.15, 0.2) is 6.79 Å². The van der Waals surface area contributed by atoms with Crippen molar-refractivity contribution < 1.29 is 23.4 Å². The summed E-state index contributed by atoms with van der Waals surface area (Å²) in [6.45, 7) is 5.74. The average Bonchev–Trinajstić information content (AvgIpc) is 2.66. The largest absolute Gasteiger partial charge is 0.467 e. The summed E-state index contributed by atoms with van der Waals surface area (Å²) in [6, 6.07) is 11.5. The van der Waals surface area contributed by atoms with Crippen LogP contribution < -0.4 is 10.1 Å². The molecule has 0 aliphatic rings. The van der Waals surface area contributed by atoms with Gasteiger partial charge in [0.1, 0.15) is 17.2 Å². The molecule has 7 heteroatoms. The van der Waals surface area contributed by atoms with Gasteiger partial charge in [0.2, 0.25) is 0 Å². The summed E-state index contributed by atoms with van der Waals surface area (Å²) in [7, 11) is 1.49. The zero-order chi connectivity index (χ0) is 21.4. The molecule has 29 heavy (non-hydrogen) atoms. The van der Waals surface area contributed by atoms with Crippen LogP contribution in [0.2, 0.25) is 0 Å². The van der Waals surface area contributed by atoms with E-state index < -0.39 is 17.5 Å². The second-order valence-electron chi connectivity index (χ2n) is 7.37. The van der Waals surface area contributed by atoms with Crippen LogP contribution in [0, 0.1) is 17.1 Å². The lowest BCUT2D eigenvalue weighted by Crippen LogP contribution is -2.33. The molecule has 6 nitrogen and oxygen atoms in total. The van der Waals surface area contributed by atoms with Crippen molar-refractivity contribution in [2.45, 2.75) is 32.8 Å². The average molecular weight is 400 g/mol. The van der Waals surface area contributed by atoms with E-state index in [4.69, 9.17) is 19.5 Å². The fourth-order valence-corrected chi connectivity index (χ4v) is 2.62. The van der Waals surface area contributed by atoms with Crippen molar-refractivity contribution >= 4 is 6.09 Å². The SMILES string of the molecule is COCOc1ccc(CCNC(=O)OC(C)(C)C)cc1-c1cc(C#N)ccc1F. The van der Waals surface area contributed by atoms with Crippen molar-refractivity contribution in [2.75, 3.05) is 20.4 Å². The maximum absolute atomic E-state index is 14.5. The van der Waals surface area contributed by atoms with E-state index in [2.05, 4.69) is 5.32 Å². The van der Waals surface area contributed by atoms with Crippen molar-refractivity contribution in [3.63, 3.8) is 0 Å². The number of nitriles is 1. The smallest absolute Gasteiger partial charge is 0.407 e. The summed E-state index contributed by atoms with van der Waals surface area (Å²) < 4.78 is 30.2. The topological polar surface area (TPSA) is 80.6 Å². The Labute approximate surface area is 170 Å². The Morgan fingerprint density at radius 3 is 2.59 bits per heavy atom. The van der Waals surface area contributed by atoms with Crippen LogP contribution in [0.3, 0.4) is 0 Å². The highest BCUT2D eigenvalue weighted by Crippen LogP contribution is 2.33. The number of ether oxygens (including phenoxy) is 3. The molecule has 0 fully saturated rings.